The molecule has 290 valence electrons. The average Bonchev–Trinajstić information content (AvgIpc) is 3.14. The minimum absolute atomic E-state index is 0.0443. The van der Waals surface area contributed by atoms with Crippen molar-refractivity contribution in [3.63, 3.8) is 0 Å². The molecule has 0 radical (unpaired) electrons. The van der Waals surface area contributed by atoms with Gasteiger partial charge in [0.25, 0.3) is 0 Å². The van der Waals surface area contributed by atoms with E-state index in [4.69, 9.17) is 9.15 Å². The Hall–Kier alpha value is -3.84. The number of aliphatic hydroxyl groups is 2. The van der Waals surface area contributed by atoms with Crippen molar-refractivity contribution < 1.29 is 44.6 Å². The zero-order chi connectivity index (χ0) is 38.6. The third-order valence-electron chi connectivity index (χ3n) is 10.7. The van der Waals surface area contributed by atoms with Crippen molar-refractivity contribution in [3.05, 3.63) is 75.4 Å². The van der Waals surface area contributed by atoms with Crippen LogP contribution >= 0.6 is 21.6 Å². The number of aldehydes is 1. The summed E-state index contributed by atoms with van der Waals surface area (Å²) in [6, 6.07) is 12.5. The molecule has 0 amide bonds. The van der Waals surface area contributed by atoms with Crippen LogP contribution in [0.4, 0.5) is 0 Å². The molecule has 1 aliphatic carbocycles. The molecule has 2 fully saturated rings. The first kappa shape index (κ1) is 39.8. The molecule has 6 N–H and O–H groups in total. The number of aliphatic hydroxyl groups excluding tert-OH is 2. The van der Waals surface area contributed by atoms with Gasteiger partial charge in [-0.3, -0.25) is 4.79 Å². The molecule has 1 spiro atoms. The molecule has 10 nitrogen and oxygen atoms in total. The van der Waals surface area contributed by atoms with Gasteiger partial charge in [0, 0.05) is 36.3 Å². The van der Waals surface area contributed by atoms with Crippen molar-refractivity contribution in [2.24, 2.45) is 11.8 Å². The molecule has 4 aromatic rings. The van der Waals surface area contributed by atoms with Gasteiger partial charge in [0.05, 0.1) is 17.0 Å². The number of ether oxygens (including phenoxy) is 1. The number of hydrogen-bond acceptors (Lipinski definition) is 12. The molecule has 5 atom stereocenters. The van der Waals surface area contributed by atoms with E-state index in [0.29, 0.717) is 48.8 Å². The standard InChI is InChI=1S/C42H50O10S2/c1-24(2)16-27-19-29(20-28(38(27)48)17-26-6-3-8-30(44)18-26)41-40(50)39(49)37-34(21-31(45)22-35(37)52-41)51-33-10-11-36(47)42(54-53-15-5-9-32(33)46)13-4-7-25(23-42)12-14-43/h3,6,8,14,18-22,24-25,32-33,36,44-48,50H,4-5,7,9-13,15-17,23H2,1-2H3/t25-,32+,33-,36-,42-/m0/s1. The van der Waals surface area contributed by atoms with Crippen LogP contribution in [0.1, 0.15) is 88.3 Å². The molecule has 0 unspecified atom stereocenters. The molecule has 1 aliphatic heterocycles. The smallest absolute Gasteiger partial charge is 0.238 e. The Morgan fingerprint density at radius 2 is 1.74 bits per heavy atom. The lowest BCUT2D eigenvalue weighted by Gasteiger charge is -2.43. The van der Waals surface area contributed by atoms with Crippen LogP contribution in [-0.4, -0.2) is 65.7 Å². The Morgan fingerprint density at radius 3 is 2.50 bits per heavy atom. The first-order valence-electron chi connectivity index (χ1n) is 18.8. The van der Waals surface area contributed by atoms with E-state index in [1.807, 2.05) is 19.9 Å². The van der Waals surface area contributed by atoms with Gasteiger partial charge in [-0.1, -0.05) is 54.0 Å². The van der Waals surface area contributed by atoms with Gasteiger partial charge in [0.15, 0.2) is 5.76 Å². The first-order chi connectivity index (χ1) is 25.9. The van der Waals surface area contributed by atoms with Gasteiger partial charge in [-0.25, -0.2) is 0 Å². The average molecular weight is 779 g/mol. The molecule has 54 heavy (non-hydrogen) atoms. The van der Waals surface area contributed by atoms with Gasteiger partial charge < -0.3 is 44.6 Å². The normalized spacial score (nSPS) is 24.0. The number of carbonyl (C=O) groups is 1. The van der Waals surface area contributed by atoms with Crippen molar-refractivity contribution in [1.82, 2.24) is 0 Å². The number of carbonyl (C=O) groups excluding carboxylic acids is 1. The second-order valence-corrected chi connectivity index (χ2v) is 18.1. The quantitative estimate of drug-likeness (QED) is 0.0714. The molecule has 2 aliphatic rings. The number of aromatic hydroxyl groups is 4. The van der Waals surface area contributed by atoms with Crippen LogP contribution in [0.25, 0.3) is 22.3 Å². The van der Waals surface area contributed by atoms with Gasteiger partial charge in [-0.05, 0) is 104 Å². The summed E-state index contributed by atoms with van der Waals surface area (Å²) < 4.78 is 12.1. The number of rotatable bonds is 9. The Morgan fingerprint density at radius 1 is 0.944 bits per heavy atom. The number of fused-ring (bicyclic) bond motifs is 1. The van der Waals surface area contributed by atoms with E-state index in [-0.39, 0.29) is 64.4 Å². The second kappa shape index (κ2) is 17.3. The lowest BCUT2D eigenvalue weighted by atomic mass is 9.75. The maximum absolute atomic E-state index is 14.0. The minimum Gasteiger partial charge on any atom is -0.508 e. The zero-order valence-corrected chi connectivity index (χ0v) is 32.3. The number of phenolic OH excluding ortho intramolecular Hbond substituents is 3. The molecular weight excluding hydrogens is 729 g/mol. The largest absolute Gasteiger partial charge is 0.508 e. The van der Waals surface area contributed by atoms with Gasteiger partial charge in [0.1, 0.15) is 46.4 Å². The van der Waals surface area contributed by atoms with Gasteiger partial charge in [-0.15, -0.1) is 0 Å². The highest BCUT2D eigenvalue weighted by atomic mass is 33.1. The van der Waals surface area contributed by atoms with E-state index in [2.05, 4.69) is 0 Å². The van der Waals surface area contributed by atoms with Gasteiger partial charge in [0.2, 0.25) is 11.2 Å². The molecule has 1 saturated carbocycles. The van der Waals surface area contributed by atoms with Crippen molar-refractivity contribution in [3.8, 4) is 40.1 Å². The molecule has 2 heterocycles. The minimum atomic E-state index is -0.940. The lowest BCUT2D eigenvalue weighted by molar-refractivity contribution is -0.109. The summed E-state index contributed by atoms with van der Waals surface area (Å²) >= 11 is 0. The van der Waals surface area contributed by atoms with Crippen LogP contribution in [0.3, 0.4) is 0 Å². The van der Waals surface area contributed by atoms with E-state index in [9.17, 15) is 40.2 Å². The fourth-order valence-electron chi connectivity index (χ4n) is 7.98. The molecule has 3 aromatic carbocycles. The van der Waals surface area contributed by atoms with Crippen LogP contribution in [-0.2, 0) is 17.6 Å². The SMILES string of the molecule is CC(C)Cc1cc(-c2oc3cc(O)cc(O[C@H]4CC[C@H](O)[C@@]5(CCC[C@@H](CC=O)C5)SSCCC[C@H]4O)c3c(=O)c2O)cc(Cc2cccc(O)c2)c1O. The zero-order valence-electron chi connectivity index (χ0n) is 30.7. The summed E-state index contributed by atoms with van der Waals surface area (Å²) in [5.74, 6) is 0.144. The Bertz CT molecular complexity index is 2010. The van der Waals surface area contributed by atoms with E-state index in [1.54, 1.807) is 51.9 Å². The fourth-order valence-corrected chi connectivity index (χ4v) is 11.4. The summed E-state index contributed by atoms with van der Waals surface area (Å²) in [5, 5.41) is 66.5. The number of hydrogen-bond donors (Lipinski definition) is 6. The monoisotopic (exact) mass is 778 g/mol. The topological polar surface area (TPSA) is 178 Å². The lowest BCUT2D eigenvalue weighted by Crippen LogP contribution is -2.44. The fraction of sp³-hybridized carbons (Fsp3) is 0.476. The second-order valence-electron chi connectivity index (χ2n) is 15.3. The maximum Gasteiger partial charge on any atom is 0.238 e. The predicted octanol–water partition coefficient (Wildman–Crippen LogP) is 8.01. The Kier molecular flexibility index (Phi) is 12.8. The van der Waals surface area contributed by atoms with Crippen molar-refractivity contribution in [2.75, 3.05) is 5.75 Å². The van der Waals surface area contributed by atoms with Crippen LogP contribution in [0.2, 0.25) is 0 Å². The number of benzene rings is 3. The maximum atomic E-state index is 14.0. The predicted molar refractivity (Wildman–Crippen MR) is 213 cm³/mol. The molecule has 0 bridgehead atoms. The van der Waals surface area contributed by atoms with Crippen LogP contribution < -0.4 is 10.2 Å². The molecule has 1 saturated heterocycles. The van der Waals surface area contributed by atoms with E-state index >= 15 is 0 Å². The molecule has 6 rings (SSSR count). The van der Waals surface area contributed by atoms with E-state index in [1.165, 1.54) is 12.1 Å². The summed E-state index contributed by atoms with van der Waals surface area (Å²) in [4.78, 5) is 25.4. The summed E-state index contributed by atoms with van der Waals surface area (Å²) in [6.07, 6.45) is 4.79. The Labute approximate surface area is 323 Å². The van der Waals surface area contributed by atoms with Crippen molar-refractivity contribution in [2.45, 2.75) is 108 Å². The summed E-state index contributed by atoms with van der Waals surface area (Å²) in [5.41, 5.74) is 1.34. The summed E-state index contributed by atoms with van der Waals surface area (Å²) in [7, 11) is 3.39. The van der Waals surface area contributed by atoms with Gasteiger partial charge in [-0.2, -0.15) is 0 Å². The van der Waals surface area contributed by atoms with Gasteiger partial charge >= 0.3 is 0 Å². The van der Waals surface area contributed by atoms with E-state index < -0.39 is 34.2 Å². The molecular formula is C42H50O10S2. The number of phenols is 3. The van der Waals surface area contributed by atoms with Crippen LogP contribution in [0.15, 0.2) is 57.7 Å². The van der Waals surface area contributed by atoms with Crippen molar-refractivity contribution >= 4 is 38.8 Å². The van der Waals surface area contributed by atoms with E-state index in [0.717, 1.165) is 43.3 Å². The Balaban J connectivity index is 1.35. The highest BCUT2D eigenvalue weighted by Crippen LogP contribution is 2.52. The molecule has 1 aromatic heterocycles. The molecule has 12 heteroatoms. The highest BCUT2D eigenvalue weighted by Gasteiger charge is 2.43. The van der Waals surface area contributed by atoms with Crippen LogP contribution in [0.5, 0.6) is 28.7 Å². The summed E-state index contributed by atoms with van der Waals surface area (Å²) in [6.45, 7) is 4.02. The first-order valence-corrected chi connectivity index (χ1v) is 21.1. The third kappa shape index (κ3) is 8.99. The van der Waals surface area contributed by atoms with Crippen LogP contribution in [0, 0.1) is 11.8 Å². The van der Waals surface area contributed by atoms with Crippen molar-refractivity contribution in [1.29, 1.82) is 0 Å². The third-order valence-corrected chi connectivity index (χ3v) is 14.0. The highest BCUT2D eigenvalue weighted by molar-refractivity contribution is 8.77.